The Morgan fingerprint density at radius 1 is 1.00 bits per heavy atom. The van der Waals surface area contributed by atoms with Gasteiger partial charge >= 0.3 is 0 Å². The molecule has 0 unspecified atom stereocenters. The van der Waals surface area contributed by atoms with E-state index in [2.05, 4.69) is 15.6 Å². The van der Waals surface area contributed by atoms with Crippen LogP contribution in [0.4, 0.5) is 5.82 Å². The van der Waals surface area contributed by atoms with Gasteiger partial charge in [-0.25, -0.2) is 4.98 Å². The zero-order valence-corrected chi connectivity index (χ0v) is 17.8. The summed E-state index contributed by atoms with van der Waals surface area (Å²) in [6, 6.07) is 16.0. The molecule has 31 heavy (non-hydrogen) atoms. The smallest absolute Gasteiger partial charge is 0.243 e. The number of pyridine rings is 1. The number of hydrogen-bond donors (Lipinski definition) is 4. The topological polar surface area (TPSA) is 123 Å². The van der Waals surface area contributed by atoms with Crippen LogP contribution < -0.4 is 22.1 Å². The second-order valence-electron chi connectivity index (χ2n) is 7.98. The van der Waals surface area contributed by atoms with E-state index in [1.165, 1.54) is 0 Å². The van der Waals surface area contributed by atoms with Crippen LogP contribution >= 0.6 is 0 Å². The van der Waals surface area contributed by atoms with E-state index in [4.69, 9.17) is 11.5 Å². The van der Waals surface area contributed by atoms with Crippen LogP contribution in [-0.2, 0) is 22.6 Å². The van der Waals surface area contributed by atoms with Gasteiger partial charge in [-0.2, -0.15) is 0 Å². The largest absolute Gasteiger partial charge is 0.384 e. The Kier molecular flexibility index (Phi) is 7.20. The van der Waals surface area contributed by atoms with Crippen LogP contribution in [-0.4, -0.2) is 28.9 Å². The van der Waals surface area contributed by atoms with Gasteiger partial charge in [0.1, 0.15) is 11.9 Å². The van der Waals surface area contributed by atoms with Gasteiger partial charge in [0.15, 0.2) is 0 Å². The highest BCUT2D eigenvalue weighted by molar-refractivity contribution is 5.91. The van der Waals surface area contributed by atoms with Gasteiger partial charge in [0.05, 0.1) is 6.04 Å². The van der Waals surface area contributed by atoms with Gasteiger partial charge in [0.25, 0.3) is 0 Å². The number of nitrogen functional groups attached to an aromatic ring is 1. The maximum Gasteiger partial charge on any atom is 0.243 e. The Morgan fingerprint density at radius 3 is 2.45 bits per heavy atom. The van der Waals surface area contributed by atoms with Crippen molar-refractivity contribution in [2.75, 3.05) is 5.73 Å². The quantitative estimate of drug-likeness (QED) is 0.445. The number of nitrogens with zero attached hydrogens (tertiary/aromatic N) is 1. The number of carbonyl (C=O) groups is 2. The number of nitrogens with two attached hydrogens (primary N) is 2. The first-order chi connectivity index (χ1) is 14.8. The summed E-state index contributed by atoms with van der Waals surface area (Å²) in [6.07, 6.45) is 1.96. The van der Waals surface area contributed by atoms with Crippen molar-refractivity contribution in [2.24, 2.45) is 11.7 Å². The van der Waals surface area contributed by atoms with Gasteiger partial charge in [-0.3, -0.25) is 9.59 Å². The summed E-state index contributed by atoms with van der Waals surface area (Å²) in [5.41, 5.74) is 13.4. The monoisotopic (exact) mass is 419 g/mol. The fraction of sp³-hybridized carbons (Fsp3) is 0.292. The summed E-state index contributed by atoms with van der Waals surface area (Å²) in [5, 5.41) is 7.86. The minimum Gasteiger partial charge on any atom is -0.384 e. The molecule has 162 valence electrons. The maximum atomic E-state index is 13.0. The van der Waals surface area contributed by atoms with Gasteiger partial charge < -0.3 is 22.1 Å². The number of aromatic nitrogens is 1. The summed E-state index contributed by atoms with van der Waals surface area (Å²) < 4.78 is 0. The van der Waals surface area contributed by atoms with E-state index in [9.17, 15) is 9.59 Å². The van der Waals surface area contributed by atoms with Crippen LogP contribution in [0.5, 0.6) is 0 Å². The molecule has 6 N–H and O–H groups in total. The van der Waals surface area contributed by atoms with E-state index < -0.39 is 12.1 Å². The van der Waals surface area contributed by atoms with E-state index >= 15 is 0 Å². The average Bonchev–Trinajstić information content (AvgIpc) is 2.77. The highest BCUT2D eigenvalue weighted by atomic mass is 16.2. The molecule has 2 aromatic carbocycles. The zero-order valence-electron chi connectivity index (χ0n) is 17.8. The molecule has 0 spiro atoms. The SMILES string of the molecule is CC(C)[C@@H](N)C(=O)N[C@@H](Cc1cccc2ccccc12)C(=O)NCc1ccc(N)nc1. The highest BCUT2D eigenvalue weighted by Crippen LogP contribution is 2.20. The number of rotatable bonds is 8. The molecule has 1 heterocycles. The second-order valence-corrected chi connectivity index (χ2v) is 7.98. The molecular weight excluding hydrogens is 390 g/mol. The third-order valence-corrected chi connectivity index (χ3v) is 5.27. The standard InChI is InChI=1S/C24H29N5O2/c1-15(2)22(26)24(31)29-20(23(30)28-14-16-10-11-21(25)27-13-16)12-18-8-5-7-17-6-3-4-9-19(17)18/h3-11,13,15,20,22H,12,14,26H2,1-2H3,(H2,25,27)(H,28,30)(H,29,31)/t20-,22+/m0/s1. The van der Waals surface area contributed by atoms with E-state index in [1.54, 1.807) is 18.3 Å². The van der Waals surface area contributed by atoms with Crippen molar-refractivity contribution in [3.05, 3.63) is 71.9 Å². The predicted octanol–water partition coefficient (Wildman–Crippen LogP) is 2.14. The van der Waals surface area contributed by atoms with Crippen molar-refractivity contribution in [3.63, 3.8) is 0 Å². The normalized spacial score (nSPS) is 13.0. The van der Waals surface area contributed by atoms with E-state index in [1.807, 2.05) is 56.3 Å². The number of hydrogen-bond acceptors (Lipinski definition) is 5. The fourth-order valence-corrected chi connectivity index (χ4v) is 3.32. The van der Waals surface area contributed by atoms with Gasteiger partial charge in [0.2, 0.25) is 11.8 Å². The van der Waals surface area contributed by atoms with Gasteiger partial charge in [-0.05, 0) is 33.9 Å². The molecule has 2 atom stereocenters. The van der Waals surface area contributed by atoms with E-state index in [-0.39, 0.29) is 24.3 Å². The second kappa shape index (κ2) is 10.0. The minimum absolute atomic E-state index is 0.0397. The Hall–Kier alpha value is -3.45. The molecule has 0 aliphatic rings. The summed E-state index contributed by atoms with van der Waals surface area (Å²) in [4.78, 5) is 29.7. The molecule has 0 saturated heterocycles. The molecule has 7 nitrogen and oxygen atoms in total. The first-order valence-electron chi connectivity index (χ1n) is 10.4. The molecule has 0 aliphatic carbocycles. The first kappa shape index (κ1) is 22.2. The minimum atomic E-state index is -0.759. The molecule has 3 aromatic rings. The van der Waals surface area contributed by atoms with E-state index in [0.29, 0.717) is 12.2 Å². The zero-order chi connectivity index (χ0) is 22.4. The summed E-state index contributed by atoms with van der Waals surface area (Å²) >= 11 is 0. The Labute approximate surface area is 182 Å². The van der Waals surface area contributed by atoms with Crippen molar-refractivity contribution >= 4 is 28.4 Å². The summed E-state index contributed by atoms with van der Waals surface area (Å²) in [7, 11) is 0. The van der Waals surface area contributed by atoms with Crippen LogP contribution in [0, 0.1) is 5.92 Å². The number of benzene rings is 2. The van der Waals surface area contributed by atoms with Crippen LogP contribution in [0.3, 0.4) is 0 Å². The number of anilines is 1. The lowest BCUT2D eigenvalue weighted by Gasteiger charge is -2.23. The lowest BCUT2D eigenvalue weighted by atomic mass is 9.97. The molecule has 0 radical (unpaired) electrons. The molecule has 0 bridgehead atoms. The molecule has 0 fully saturated rings. The molecule has 3 rings (SSSR count). The summed E-state index contributed by atoms with van der Waals surface area (Å²) in [5.74, 6) is -0.250. The molecule has 1 aromatic heterocycles. The van der Waals surface area contributed by atoms with Crippen LogP contribution in [0.15, 0.2) is 60.8 Å². The molecule has 0 saturated carbocycles. The lowest BCUT2D eigenvalue weighted by Crippen LogP contribution is -2.53. The molecule has 2 amide bonds. The predicted molar refractivity (Wildman–Crippen MR) is 123 cm³/mol. The molecular formula is C24H29N5O2. The number of fused-ring (bicyclic) bond motifs is 1. The average molecular weight is 420 g/mol. The van der Waals surface area contributed by atoms with Crippen molar-refractivity contribution in [3.8, 4) is 0 Å². The van der Waals surface area contributed by atoms with E-state index in [0.717, 1.165) is 21.9 Å². The lowest BCUT2D eigenvalue weighted by molar-refractivity contribution is -0.130. The molecule has 7 heteroatoms. The number of amides is 2. The molecule has 0 aliphatic heterocycles. The van der Waals surface area contributed by atoms with Crippen molar-refractivity contribution in [1.29, 1.82) is 0 Å². The first-order valence-corrected chi connectivity index (χ1v) is 10.4. The van der Waals surface area contributed by atoms with Crippen LogP contribution in [0.1, 0.15) is 25.0 Å². The van der Waals surface area contributed by atoms with Crippen molar-refractivity contribution in [1.82, 2.24) is 15.6 Å². The fourth-order valence-electron chi connectivity index (χ4n) is 3.32. The number of nitrogens with one attached hydrogen (secondary N) is 2. The van der Waals surface area contributed by atoms with Gasteiger partial charge in [-0.15, -0.1) is 0 Å². The van der Waals surface area contributed by atoms with Crippen LogP contribution in [0.2, 0.25) is 0 Å². The van der Waals surface area contributed by atoms with Crippen molar-refractivity contribution in [2.45, 2.75) is 38.9 Å². The van der Waals surface area contributed by atoms with Crippen LogP contribution in [0.25, 0.3) is 10.8 Å². The Balaban J connectivity index is 1.80. The Morgan fingerprint density at radius 2 is 1.74 bits per heavy atom. The number of carbonyl (C=O) groups excluding carboxylic acids is 2. The van der Waals surface area contributed by atoms with Gasteiger partial charge in [-0.1, -0.05) is 62.4 Å². The van der Waals surface area contributed by atoms with Crippen molar-refractivity contribution < 1.29 is 9.59 Å². The Bertz CT molecular complexity index is 1040. The third kappa shape index (κ3) is 5.79. The third-order valence-electron chi connectivity index (χ3n) is 5.27. The highest BCUT2D eigenvalue weighted by Gasteiger charge is 2.26. The maximum absolute atomic E-state index is 13.0. The van der Waals surface area contributed by atoms with Gasteiger partial charge in [0, 0.05) is 19.2 Å². The summed E-state index contributed by atoms with van der Waals surface area (Å²) in [6.45, 7) is 4.03.